The molecule has 4 aromatic carbocycles. The molecule has 2 fully saturated rings. The molecule has 0 saturated heterocycles. The van der Waals surface area contributed by atoms with Crippen molar-refractivity contribution in [2.75, 3.05) is 49.2 Å². The van der Waals surface area contributed by atoms with Crippen molar-refractivity contribution in [3.8, 4) is 11.5 Å². The van der Waals surface area contributed by atoms with Gasteiger partial charge in [0.15, 0.2) is 0 Å². The quantitative estimate of drug-likeness (QED) is 0.0613. The Kier molecular flexibility index (Phi) is 19.9. The minimum Gasteiger partial charge on any atom is -0.490 e. The van der Waals surface area contributed by atoms with Crippen LogP contribution in [0.25, 0.3) is 0 Å². The van der Waals surface area contributed by atoms with Crippen LogP contribution in [-0.2, 0) is 43.7 Å². The lowest BCUT2D eigenvalue weighted by molar-refractivity contribution is 0.0176. The van der Waals surface area contributed by atoms with Crippen LogP contribution in [0.1, 0.15) is 137 Å². The molecule has 0 radical (unpaired) electrons. The third-order valence-corrected chi connectivity index (χ3v) is 22.7. The number of benzene rings is 4. The van der Waals surface area contributed by atoms with Crippen molar-refractivity contribution in [3.63, 3.8) is 0 Å². The molecule has 18 heteroatoms. The molecule has 0 bridgehead atoms. The van der Waals surface area contributed by atoms with Crippen LogP contribution in [0.2, 0.25) is 10.0 Å². The second kappa shape index (κ2) is 26.6. The lowest BCUT2D eigenvalue weighted by Crippen LogP contribution is -2.49. The first-order valence-corrected chi connectivity index (χ1v) is 33.5. The Morgan fingerprint density at radius 3 is 1.37 bits per heavy atom. The molecule has 2 heterocycles. The van der Waals surface area contributed by atoms with Gasteiger partial charge >= 0.3 is 0 Å². The number of carbonyl (C=O) groups excluding carboxylic acids is 2. The van der Waals surface area contributed by atoms with Gasteiger partial charge in [0.05, 0.1) is 47.3 Å². The standard InChI is InChI=1S/2C33H41ClN2O5S.2H2/c2*1-4-7-22(3)42(39,40)35-32(38)24-11-15-31-29(18-24)36(19-25-10-13-27(25)30(37)8-5-2)20-33(21-41-31)16-6-9-23-17-26(34)12-14-28(23)33;;/h2*4-5,11-12,14-15,17-18,22,25,27,30,37H,1-2,6-10,13,16,19-21H2,3H3,(H,35,38);2*1H/t22-,25+,27-,30-,33+;22-,25-,27+,30+,33-;;/m10../s1. The van der Waals surface area contributed by atoms with Gasteiger partial charge in [-0.05, 0) is 210 Å². The summed E-state index contributed by atoms with van der Waals surface area (Å²) >= 11 is 12.8. The third-order valence-electron chi connectivity index (χ3n) is 18.8. The Balaban J connectivity index is 0.000000240. The van der Waals surface area contributed by atoms with Crippen molar-refractivity contribution in [2.24, 2.45) is 23.7 Å². The van der Waals surface area contributed by atoms with E-state index in [0.29, 0.717) is 63.7 Å². The predicted molar refractivity (Wildman–Crippen MR) is 340 cm³/mol. The summed E-state index contributed by atoms with van der Waals surface area (Å²) in [5.74, 6) is 0.868. The number of aryl methyl sites for hydroxylation is 2. The number of hydrogen-bond acceptors (Lipinski definition) is 12. The zero-order chi connectivity index (χ0) is 60.1. The molecule has 0 aromatic heterocycles. The number of aliphatic hydroxyl groups excluding tert-OH is 2. The highest BCUT2D eigenvalue weighted by molar-refractivity contribution is 7.91. The average Bonchev–Trinajstić information content (AvgIpc) is 1.95. The van der Waals surface area contributed by atoms with Crippen molar-refractivity contribution >= 4 is 66.4 Å². The van der Waals surface area contributed by atoms with Crippen molar-refractivity contribution in [2.45, 2.75) is 137 Å². The Bertz CT molecular complexity index is 3150. The number of nitrogens with zero attached hydrogens (tertiary/aromatic N) is 2. The molecule has 456 valence electrons. The Labute approximate surface area is 510 Å². The molecule has 0 unspecified atom stereocenters. The first-order chi connectivity index (χ1) is 40.1. The maximum Gasteiger partial charge on any atom is 0.264 e. The highest BCUT2D eigenvalue weighted by Crippen LogP contribution is 2.49. The van der Waals surface area contributed by atoms with Crippen molar-refractivity contribution in [1.82, 2.24) is 9.44 Å². The minimum absolute atomic E-state index is 0. The molecular weight excluding hydrogens is 1140 g/mol. The van der Waals surface area contributed by atoms with Crippen LogP contribution in [0.15, 0.2) is 123 Å². The summed E-state index contributed by atoms with van der Waals surface area (Å²) in [5.41, 5.74) is 6.45. The van der Waals surface area contributed by atoms with Crippen LogP contribution in [0, 0.1) is 23.7 Å². The number of aliphatic hydroxyl groups is 2. The molecular formula is C66H86Cl2N4O10S2. The van der Waals surface area contributed by atoms with Crippen molar-refractivity contribution in [3.05, 3.63) is 167 Å². The second-order valence-electron chi connectivity index (χ2n) is 24.4. The highest BCUT2D eigenvalue weighted by atomic mass is 35.5. The second-order valence-corrected chi connectivity index (χ2v) is 29.5. The molecule has 2 spiro atoms. The number of sulfonamides is 2. The van der Waals surface area contributed by atoms with Gasteiger partial charge in [0, 0.05) is 61.0 Å². The van der Waals surface area contributed by atoms with E-state index in [0.717, 1.165) is 85.6 Å². The molecule has 10 atom stereocenters. The number of amides is 2. The number of fused-ring (bicyclic) bond motifs is 6. The summed E-state index contributed by atoms with van der Waals surface area (Å²) in [6.45, 7) is 21.6. The average molecular weight is 1230 g/mol. The third kappa shape index (κ3) is 13.6. The lowest BCUT2D eigenvalue weighted by Gasteiger charge is -2.45. The summed E-state index contributed by atoms with van der Waals surface area (Å²) in [4.78, 5) is 31.0. The summed E-state index contributed by atoms with van der Waals surface area (Å²) in [5, 5.41) is 21.5. The fourth-order valence-corrected chi connectivity index (χ4v) is 16.0. The van der Waals surface area contributed by atoms with E-state index in [1.54, 1.807) is 62.4 Å². The Morgan fingerprint density at radius 1 is 0.619 bits per heavy atom. The first-order valence-electron chi connectivity index (χ1n) is 29.7. The fourth-order valence-electron chi connectivity index (χ4n) is 13.7. The molecule has 6 aliphatic rings. The van der Waals surface area contributed by atoms with Crippen LogP contribution < -0.4 is 28.7 Å². The van der Waals surface area contributed by atoms with E-state index in [9.17, 15) is 36.6 Å². The zero-order valence-corrected chi connectivity index (χ0v) is 51.6. The zero-order valence-electron chi connectivity index (χ0n) is 48.5. The number of rotatable bonds is 20. The van der Waals surface area contributed by atoms with E-state index < -0.39 is 54.6 Å². The number of anilines is 2. The molecule has 4 aliphatic carbocycles. The number of allylic oxidation sites excluding steroid dienone is 2. The van der Waals surface area contributed by atoms with E-state index in [1.807, 2.05) is 12.1 Å². The van der Waals surface area contributed by atoms with E-state index in [2.05, 4.69) is 69.8 Å². The van der Waals surface area contributed by atoms with Gasteiger partial charge in [0.25, 0.3) is 11.8 Å². The van der Waals surface area contributed by atoms with Gasteiger partial charge in [-0.15, -0.1) is 26.3 Å². The summed E-state index contributed by atoms with van der Waals surface area (Å²) in [6, 6.07) is 22.5. The smallest absolute Gasteiger partial charge is 0.264 e. The van der Waals surface area contributed by atoms with Gasteiger partial charge in [-0.25, -0.2) is 26.3 Å². The highest BCUT2D eigenvalue weighted by Gasteiger charge is 2.47. The number of halogens is 2. The fraction of sp³-hybridized carbons (Fsp3) is 0.485. The Hall–Kier alpha value is -5.62. The van der Waals surface area contributed by atoms with Crippen LogP contribution in [0.5, 0.6) is 11.5 Å². The molecule has 2 aliphatic heterocycles. The number of nitrogens with one attached hydrogen (secondary N) is 2. The topological polar surface area (TPSA) is 192 Å². The summed E-state index contributed by atoms with van der Waals surface area (Å²) in [6.07, 6.45) is 17.1. The van der Waals surface area contributed by atoms with Crippen molar-refractivity contribution < 1.29 is 49.0 Å². The Morgan fingerprint density at radius 2 is 1.01 bits per heavy atom. The summed E-state index contributed by atoms with van der Waals surface area (Å²) < 4.78 is 68.5. The number of hydrogen-bond donors (Lipinski definition) is 4. The van der Waals surface area contributed by atoms with Crippen LogP contribution in [-0.4, -0.2) is 101 Å². The van der Waals surface area contributed by atoms with E-state index >= 15 is 0 Å². The molecule has 14 nitrogen and oxygen atoms in total. The molecule has 4 N–H and O–H groups in total. The number of carbonyl (C=O) groups is 2. The van der Waals surface area contributed by atoms with Gasteiger partial charge in [0.1, 0.15) is 11.5 Å². The van der Waals surface area contributed by atoms with Gasteiger partial charge in [-0.3, -0.25) is 9.59 Å². The lowest BCUT2D eigenvalue weighted by atomic mass is 9.68. The van der Waals surface area contributed by atoms with E-state index in [1.165, 1.54) is 34.4 Å². The van der Waals surface area contributed by atoms with Crippen LogP contribution in [0.4, 0.5) is 11.4 Å². The normalized spacial score (nSPS) is 24.7. The van der Waals surface area contributed by atoms with E-state index in [-0.39, 0.29) is 61.3 Å². The monoisotopic (exact) mass is 1230 g/mol. The molecule has 2 saturated carbocycles. The van der Waals surface area contributed by atoms with Gasteiger partial charge in [0.2, 0.25) is 20.0 Å². The van der Waals surface area contributed by atoms with Crippen LogP contribution >= 0.6 is 23.2 Å². The largest absolute Gasteiger partial charge is 0.490 e. The minimum atomic E-state index is -3.87. The van der Waals surface area contributed by atoms with Gasteiger partial charge in [-0.2, -0.15) is 0 Å². The SMILES string of the molecule is C=CC[C@@H](O)[C@@H]1CC[C@H]1CN1C[C@@]2(CCCc3cc(Cl)ccc32)COc2ccc(C(=O)NS(=O)(=O)[C@@H](C)CC=C)cc21.C=CC[C@@H](O)[C@@H]1CC[C@H]1CN1C[C@@]2(CCCc3cc(Cl)ccc32)COc2ccc(C(=O)NS(=O)(=O)[C@H](C)CC=C)cc21.[HH].[HH]. The molecule has 84 heavy (non-hydrogen) atoms. The maximum absolute atomic E-state index is 13.2. The molecule has 2 amide bonds. The predicted octanol–water partition coefficient (Wildman–Crippen LogP) is 12.1. The summed E-state index contributed by atoms with van der Waals surface area (Å²) in [7, 11) is -7.74. The number of ether oxygens (including phenoxy) is 2. The molecule has 4 aromatic rings. The molecule has 10 rings (SSSR count). The maximum atomic E-state index is 13.2. The van der Waals surface area contributed by atoms with Crippen molar-refractivity contribution in [1.29, 1.82) is 0 Å². The first kappa shape index (κ1) is 62.9. The van der Waals surface area contributed by atoms with E-state index in [4.69, 9.17) is 32.7 Å². The van der Waals surface area contributed by atoms with Gasteiger partial charge < -0.3 is 29.5 Å². The van der Waals surface area contributed by atoms with Gasteiger partial charge in [-0.1, -0.05) is 59.6 Å². The van der Waals surface area contributed by atoms with Crippen LogP contribution in [0.3, 0.4) is 0 Å².